The Bertz CT molecular complexity index is 571. The third kappa shape index (κ3) is 4.46. The molecule has 118 valence electrons. The fourth-order valence-corrected chi connectivity index (χ4v) is 2.13. The highest BCUT2D eigenvalue weighted by molar-refractivity contribution is 5.43. The average molecular weight is 303 g/mol. The minimum absolute atomic E-state index is 0.133. The van der Waals surface area contributed by atoms with Crippen molar-refractivity contribution in [3.8, 4) is 17.2 Å². The first kappa shape index (κ1) is 16.3. The molecule has 2 aromatic carbocycles. The van der Waals surface area contributed by atoms with Crippen molar-refractivity contribution >= 4 is 0 Å². The van der Waals surface area contributed by atoms with Gasteiger partial charge in [-0.15, -0.1) is 0 Å². The summed E-state index contributed by atoms with van der Waals surface area (Å²) in [6, 6.07) is 13.9. The molecule has 0 aliphatic rings. The van der Waals surface area contributed by atoms with Gasteiger partial charge in [0.05, 0.1) is 0 Å². The van der Waals surface area contributed by atoms with Crippen LogP contribution in [0.1, 0.15) is 13.8 Å². The van der Waals surface area contributed by atoms with Gasteiger partial charge in [0.2, 0.25) is 5.75 Å². The van der Waals surface area contributed by atoms with Gasteiger partial charge in [0.15, 0.2) is 11.6 Å². The van der Waals surface area contributed by atoms with Crippen LogP contribution in [0.15, 0.2) is 48.5 Å². The Morgan fingerprint density at radius 3 is 2.36 bits per heavy atom. The monoisotopic (exact) mass is 303 g/mol. The van der Waals surface area contributed by atoms with Gasteiger partial charge in [0.1, 0.15) is 12.4 Å². The lowest BCUT2D eigenvalue weighted by molar-refractivity contribution is 0.217. The first-order valence-electron chi connectivity index (χ1n) is 7.61. The summed E-state index contributed by atoms with van der Waals surface area (Å²) in [4.78, 5) is 2.25. The van der Waals surface area contributed by atoms with E-state index in [9.17, 15) is 4.39 Å². The summed E-state index contributed by atoms with van der Waals surface area (Å²) in [5, 5.41) is 0. The van der Waals surface area contributed by atoms with Crippen LogP contribution in [-0.4, -0.2) is 31.1 Å². The SMILES string of the molecule is CCN(CC)CCOc1cccc(F)c1Oc1ccccc1. The number of hydrogen-bond donors (Lipinski definition) is 0. The molecule has 0 heterocycles. The van der Waals surface area contributed by atoms with E-state index < -0.39 is 5.82 Å². The topological polar surface area (TPSA) is 21.7 Å². The number of likely N-dealkylation sites (N-methyl/N-ethyl adjacent to an activating group) is 1. The van der Waals surface area contributed by atoms with Gasteiger partial charge in [0.25, 0.3) is 0 Å². The quantitative estimate of drug-likeness (QED) is 0.724. The van der Waals surface area contributed by atoms with Crippen molar-refractivity contribution in [3.05, 3.63) is 54.3 Å². The number of hydrogen-bond acceptors (Lipinski definition) is 3. The van der Waals surface area contributed by atoms with Crippen molar-refractivity contribution in [2.45, 2.75) is 13.8 Å². The maximum Gasteiger partial charge on any atom is 0.204 e. The normalized spacial score (nSPS) is 10.7. The van der Waals surface area contributed by atoms with Crippen molar-refractivity contribution in [1.82, 2.24) is 4.90 Å². The Morgan fingerprint density at radius 1 is 0.955 bits per heavy atom. The predicted molar refractivity (Wildman–Crippen MR) is 86.2 cm³/mol. The molecular weight excluding hydrogens is 281 g/mol. The Balaban J connectivity index is 2.06. The summed E-state index contributed by atoms with van der Waals surface area (Å²) in [5.74, 6) is 0.717. The molecule has 0 fully saturated rings. The Labute approximate surface area is 131 Å². The van der Waals surface area contributed by atoms with E-state index in [0.29, 0.717) is 18.1 Å². The van der Waals surface area contributed by atoms with E-state index in [1.54, 1.807) is 24.3 Å². The van der Waals surface area contributed by atoms with Crippen LogP contribution < -0.4 is 9.47 Å². The molecule has 0 radical (unpaired) electrons. The minimum Gasteiger partial charge on any atom is -0.488 e. The van der Waals surface area contributed by atoms with Crippen LogP contribution in [0.25, 0.3) is 0 Å². The summed E-state index contributed by atoms with van der Waals surface area (Å²) in [5.41, 5.74) is 0. The zero-order valence-electron chi connectivity index (χ0n) is 13.1. The van der Waals surface area contributed by atoms with E-state index in [2.05, 4.69) is 18.7 Å². The van der Waals surface area contributed by atoms with Crippen LogP contribution in [0.3, 0.4) is 0 Å². The summed E-state index contributed by atoms with van der Waals surface area (Å²) in [7, 11) is 0. The standard InChI is InChI=1S/C18H22FNO2/c1-3-20(4-2)13-14-21-17-12-8-11-16(19)18(17)22-15-9-6-5-7-10-15/h5-12H,3-4,13-14H2,1-2H3. The third-order valence-corrected chi connectivity index (χ3v) is 3.45. The van der Waals surface area contributed by atoms with E-state index in [0.717, 1.165) is 19.6 Å². The van der Waals surface area contributed by atoms with Gasteiger partial charge in [0, 0.05) is 6.54 Å². The first-order chi connectivity index (χ1) is 10.7. The maximum atomic E-state index is 14.0. The molecule has 0 aliphatic carbocycles. The second-order valence-corrected chi connectivity index (χ2v) is 4.86. The molecule has 0 aliphatic heterocycles. The maximum absolute atomic E-state index is 14.0. The summed E-state index contributed by atoms with van der Waals surface area (Å²) < 4.78 is 25.4. The van der Waals surface area contributed by atoms with Gasteiger partial charge in [-0.25, -0.2) is 4.39 Å². The molecule has 0 saturated heterocycles. The molecule has 0 amide bonds. The molecule has 4 heteroatoms. The van der Waals surface area contributed by atoms with Crippen molar-refractivity contribution in [2.75, 3.05) is 26.2 Å². The fraction of sp³-hybridized carbons (Fsp3) is 0.333. The van der Waals surface area contributed by atoms with Crippen molar-refractivity contribution in [1.29, 1.82) is 0 Å². The van der Waals surface area contributed by atoms with E-state index >= 15 is 0 Å². The minimum atomic E-state index is -0.427. The Kier molecular flexibility index (Phi) is 6.22. The molecule has 0 N–H and O–H groups in total. The molecule has 2 rings (SSSR count). The third-order valence-electron chi connectivity index (χ3n) is 3.45. The lowest BCUT2D eigenvalue weighted by Gasteiger charge is -2.19. The van der Waals surface area contributed by atoms with E-state index in [1.807, 2.05) is 18.2 Å². The van der Waals surface area contributed by atoms with Crippen molar-refractivity contribution < 1.29 is 13.9 Å². The number of ether oxygens (including phenoxy) is 2. The van der Waals surface area contributed by atoms with E-state index in [4.69, 9.17) is 9.47 Å². The van der Waals surface area contributed by atoms with Crippen LogP contribution in [0.2, 0.25) is 0 Å². The zero-order chi connectivity index (χ0) is 15.8. The highest BCUT2D eigenvalue weighted by Gasteiger charge is 2.12. The van der Waals surface area contributed by atoms with Crippen LogP contribution >= 0.6 is 0 Å². The van der Waals surface area contributed by atoms with Gasteiger partial charge in [-0.2, -0.15) is 0 Å². The van der Waals surface area contributed by atoms with Gasteiger partial charge < -0.3 is 14.4 Å². The van der Waals surface area contributed by atoms with Gasteiger partial charge >= 0.3 is 0 Å². The van der Waals surface area contributed by atoms with Crippen molar-refractivity contribution in [3.63, 3.8) is 0 Å². The lowest BCUT2D eigenvalue weighted by Crippen LogP contribution is -2.27. The molecule has 2 aromatic rings. The highest BCUT2D eigenvalue weighted by atomic mass is 19.1. The van der Waals surface area contributed by atoms with E-state index in [1.165, 1.54) is 6.07 Å². The number of halogens is 1. The second kappa shape index (κ2) is 8.39. The molecule has 0 spiro atoms. The zero-order valence-corrected chi connectivity index (χ0v) is 13.1. The van der Waals surface area contributed by atoms with Gasteiger partial charge in [-0.1, -0.05) is 38.1 Å². The molecule has 3 nitrogen and oxygen atoms in total. The molecule has 0 bridgehead atoms. The summed E-state index contributed by atoms with van der Waals surface area (Å²) in [6.45, 7) is 7.45. The Morgan fingerprint density at radius 2 is 1.68 bits per heavy atom. The fourth-order valence-electron chi connectivity index (χ4n) is 2.13. The summed E-state index contributed by atoms with van der Waals surface area (Å²) in [6.07, 6.45) is 0. The van der Waals surface area contributed by atoms with Gasteiger partial charge in [-0.3, -0.25) is 0 Å². The van der Waals surface area contributed by atoms with Crippen molar-refractivity contribution in [2.24, 2.45) is 0 Å². The number of para-hydroxylation sites is 2. The lowest BCUT2D eigenvalue weighted by atomic mass is 10.3. The van der Waals surface area contributed by atoms with E-state index in [-0.39, 0.29) is 5.75 Å². The predicted octanol–water partition coefficient (Wildman–Crippen LogP) is 4.34. The Hall–Kier alpha value is -2.07. The molecule has 0 unspecified atom stereocenters. The van der Waals surface area contributed by atoms with Gasteiger partial charge in [-0.05, 0) is 37.4 Å². The molecule has 22 heavy (non-hydrogen) atoms. The number of nitrogens with zero attached hydrogens (tertiary/aromatic N) is 1. The number of rotatable bonds is 8. The highest BCUT2D eigenvalue weighted by Crippen LogP contribution is 2.34. The smallest absolute Gasteiger partial charge is 0.204 e. The molecule has 0 atom stereocenters. The van der Waals surface area contributed by atoms with Crippen LogP contribution in [0.4, 0.5) is 4.39 Å². The van der Waals surface area contributed by atoms with Crippen LogP contribution in [0.5, 0.6) is 17.2 Å². The molecule has 0 aromatic heterocycles. The number of benzene rings is 2. The second-order valence-electron chi connectivity index (χ2n) is 4.86. The summed E-state index contributed by atoms with van der Waals surface area (Å²) >= 11 is 0. The molecular formula is C18H22FNO2. The molecule has 0 saturated carbocycles. The largest absolute Gasteiger partial charge is 0.488 e. The van der Waals surface area contributed by atoms with Crippen LogP contribution in [0, 0.1) is 5.82 Å². The average Bonchev–Trinajstić information content (AvgIpc) is 2.55. The first-order valence-corrected chi connectivity index (χ1v) is 7.61. The van der Waals surface area contributed by atoms with Crippen LogP contribution in [-0.2, 0) is 0 Å².